The first-order valence-electron chi connectivity index (χ1n) is 10.1. The van der Waals surface area contributed by atoms with Crippen LogP contribution in [-0.2, 0) is 17.7 Å². The van der Waals surface area contributed by atoms with Gasteiger partial charge >= 0.3 is 0 Å². The second-order valence-corrected chi connectivity index (χ2v) is 9.72. The number of hydrogen-bond acceptors (Lipinski definition) is 3. The van der Waals surface area contributed by atoms with Gasteiger partial charge in [-0.05, 0) is 49.4 Å². The molecule has 4 nitrogen and oxygen atoms in total. The summed E-state index contributed by atoms with van der Waals surface area (Å²) in [7, 11) is 0. The fourth-order valence-corrected chi connectivity index (χ4v) is 2.84. The van der Waals surface area contributed by atoms with Gasteiger partial charge in [-0.1, -0.05) is 59.6 Å². The molecule has 146 valence electrons. The van der Waals surface area contributed by atoms with Crippen LogP contribution in [0.5, 0.6) is 0 Å². The standard InChI is InChI=1S/C21H41N3O/c1-20(2,3)13-9-7-8-12-19-18-24(23-22-19)15-11-17-25-16-10-14-21(4,5)6/h18H,7-17H2,1-6H3. The predicted molar refractivity (Wildman–Crippen MR) is 106 cm³/mol. The Balaban J connectivity index is 2.04. The minimum Gasteiger partial charge on any atom is -0.381 e. The van der Waals surface area contributed by atoms with Crippen LogP contribution in [0, 0.1) is 10.8 Å². The Kier molecular flexibility index (Phi) is 9.70. The Morgan fingerprint density at radius 1 is 0.840 bits per heavy atom. The third-order valence-electron chi connectivity index (χ3n) is 4.34. The summed E-state index contributed by atoms with van der Waals surface area (Å²) in [6, 6.07) is 0. The average Bonchev–Trinajstić information content (AvgIpc) is 2.91. The normalized spacial score (nSPS) is 12.7. The molecule has 25 heavy (non-hydrogen) atoms. The minimum absolute atomic E-state index is 0.410. The van der Waals surface area contributed by atoms with E-state index in [-0.39, 0.29) is 0 Å². The maximum Gasteiger partial charge on any atom is 0.0827 e. The lowest BCUT2D eigenvalue weighted by atomic mass is 9.89. The van der Waals surface area contributed by atoms with E-state index in [0.29, 0.717) is 10.8 Å². The van der Waals surface area contributed by atoms with Gasteiger partial charge in [0.05, 0.1) is 5.69 Å². The number of nitrogens with zero attached hydrogens (tertiary/aromatic N) is 3. The lowest BCUT2D eigenvalue weighted by Crippen LogP contribution is -2.08. The summed E-state index contributed by atoms with van der Waals surface area (Å²) in [4.78, 5) is 0. The smallest absolute Gasteiger partial charge is 0.0827 e. The number of unbranched alkanes of at least 4 members (excludes halogenated alkanes) is 2. The van der Waals surface area contributed by atoms with E-state index in [9.17, 15) is 0 Å². The average molecular weight is 352 g/mol. The van der Waals surface area contributed by atoms with Gasteiger partial charge in [-0.2, -0.15) is 0 Å². The van der Waals surface area contributed by atoms with Gasteiger partial charge in [0.2, 0.25) is 0 Å². The molecule has 1 aromatic rings. The van der Waals surface area contributed by atoms with Crippen LogP contribution in [0.25, 0.3) is 0 Å². The molecule has 0 radical (unpaired) electrons. The molecule has 0 aliphatic rings. The van der Waals surface area contributed by atoms with Gasteiger partial charge in [0.1, 0.15) is 0 Å². The van der Waals surface area contributed by atoms with Crippen molar-refractivity contribution in [2.45, 2.75) is 99.5 Å². The summed E-state index contributed by atoms with van der Waals surface area (Å²) in [6.07, 6.45) is 11.6. The van der Waals surface area contributed by atoms with Gasteiger partial charge in [-0.15, -0.1) is 5.10 Å². The van der Waals surface area contributed by atoms with Crippen LogP contribution in [0.1, 0.15) is 92.2 Å². The van der Waals surface area contributed by atoms with Gasteiger partial charge in [-0.3, -0.25) is 4.68 Å². The molecule has 1 rings (SSSR count). The Bertz CT molecular complexity index is 454. The molecule has 0 saturated heterocycles. The predicted octanol–water partition coefficient (Wildman–Crippen LogP) is 5.66. The first-order valence-corrected chi connectivity index (χ1v) is 10.1. The molecule has 0 aliphatic carbocycles. The monoisotopic (exact) mass is 351 g/mol. The zero-order valence-electron chi connectivity index (χ0n) is 17.6. The number of hydrogen-bond donors (Lipinski definition) is 0. The Hall–Kier alpha value is -0.900. The molecule has 0 aromatic carbocycles. The van der Waals surface area contributed by atoms with E-state index in [1.165, 1.54) is 32.1 Å². The molecule has 0 amide bonds. The molecule has 0 spiro atoms. The van der Waals surface area contributed by atoms with Crippen molar-refractivity contribution in [1.29, 1.82) is 0 Å². The molecule has 0 fully saturated rings. The van der Waals surface area contributed by atoms with Gasteiger partial charge < -0.3 is 4.74 Å². The zero-order chi connectivity index (χ0) is 18.8. The topological polar surface area (TPSA) is 39.9 Å². The third kappa shape index (κ3) is 13.0. The van der Waals surface area contributed by atoms with Crippen molar-refractivity contribution in [3.05, 3.63) is 11.9 Å². The highest BCUT2D eigenvalue weighted by Crippen LogP contribution is 2.22. The summed E-state index contributed by atoms with van der Waals surface area (Å²) in [5, 5.41) is 8.52. The van der Waals surface area contributed by atoms with E-state index in [1.54, 1.807) is 0 Å². The molecular weight excluding hydrogens is 310 g/mol. The highest BCUT2D eigenvalue weighted by molar-refractivity contribution is 4.92. The van der Waals surface area contributed by atoms with Crippen LogP contribution in [0.2, 0.25) is 0 Å². The van der Waals surface area contributed by atoms with Crippen LogP contribution in [0.15, 0.2) is 6.20 Å². The number of rotatable bonds is 12. The lowest BCUT2D eigenvalue weighted by Gasteiger charge is -2.17. The fraction of sp³-hybridized carbons (Fsp3) is 0.905. The van der Waals surface area contributed by atoms with E-state index in [0.717, 1.165) is 44.7 Å². The highest BCUT2D eigenvalue weighted by Gasteiger charge is 2.10. The largest absolute Gasteiger partial charge is 0.381 e. The van der Waals surface area contributed by atoms with Crippen LogP contribution >= 0.6 is 0 Å². The van der Waals surface area contributed by atoms with Gasteiger partial charge in [0, 0.05) is 26.0 Å². The van der Waals surface area contributed by atoms with Crippen LogP contribution < -0.4 is 0 Å². The molecule has 0 saturated carbocycles. The van der Waals surface area contributed by atoms with E-state index in [2.05, 4.69) is 58.1 Å². The molecule has 0 bridgehead atoms. The maximum atomic E-state index is 5.72. The minimum atomic E-state index is 0.410. The maximum absolute atomic E-state index is 5.72. The van der Waals surface area contributed by atoms with Crippen LogP contribution in [0.3, 0.4) is 0 Å². The van der Waals surface area contributed by atoms with E-state index >= 15 is 0 Å². The number of aryl methyl sites for hydroxylation is 2. The van der Waals surface area contributed by atoms with Crippen molar-refractivity contribution in [3.63, 3.8) is 0 Å². The first-order chi connectivity index (χ1) is 11.7. The molecule has 4 heteroatoms. The van der Waals surface area contributed by atoms with E-state index in [1.807, 2.05) is 4.68 Å². The Morgan fingerprint density at radius 2 is 1.48 bits per heavy atom. The van der Waals surface area contributed by atoms with E-state index in [4.69, 9.17) is 4.74 Å². The second kappa shape index (κ2) is 10.9. The fourth-order valence-electron chi connectivity index (χ4n) is 2.84. The SMILES string of the molecule is CC(C)(C)CCCCCc1cn(CCCOCCCC(C)(C)C)nn1. The van der Waals surface area contributed by atoms with Crippen molar-refractivity contribution >= 4 is 0 Å². The Morgan fingerprint density at radius 3 is 2.16 bits per heavy atom. The van der Waals surface area contributed by atoms with Crippen molar-refractivity contribution in [2.24, 2.45) is 10.8 Å². The Labute approximate surface area is 155 Å². The summed E-state index contributed by atoms with van der Waals surface area (Å²) in [5.74, 6) is 0. The molecule has 0 aliphatic heterocycles. The molecular formula is C21H41N3O. The molecule has 0 unspecified atom stereocenters. The van der Waals surface area contributed by atoms with Crippen molar-refractivity contribution < 1.29 is 4.74 Å². The van der Waals surface area contributed by atoms with Crippen molar-refractivity contribution in [2.75, 3.05) is 13.2 Å². The van der Waals surface area contributed by atoms with Crippen molar-refractivity contribution in [1.82, 2.24) is 15.0 Å². The summed E-state index contributed by atoms with van der Waals surface area (Å²) in [5.41, 5.74) is 1.99. The quantitative estimate of drug-likeness (QED) is 0.456. The van der Waals surface area contributed by atoms with Gasteiger partial charge in [-0.25, -0.2) is 0 Å². The molecule has 1 heterocycles. The first kappa shape index (κ1) is 22.1. The summed E-state index contributed by atoms with van der Waals surface area (Å²) >= 11 is 0. The number of aromatic nitrogens is 3. The highest BCUT2D eigenvalue weighted by atomic mass is 16.5. The zero-order valence-corrected chi connectivity index (χ0v) is 17.6. The molecule has 0 N–H and O–H groups in total. The van der Waals surface area contributed by atoms with Crippen LogP contribution in [-0.4, -0.2) is 28.2 Å². The third-order valence-corrected chi connectivity index (χ3v) is 4.34. The summed E-state index contributed by atoms with van der Waals surface area (Å²) < 4.78 is 7.68. The summed E-state index contributed by atoms with van der Waals surface area (Å²) in [6.45, 7) is 16.4. The molecule has 1 aromatic heterocycles. The number of ether oxygens (including phenoxy) is 1. The molecule has 0 atom stereocenters. The van der Waals surface area contributed by atoms with Crippen molar-refractivity contribution in [3.8, 4) is 0 Å². The second-order valence-electron chi connectivity index (χ2n) is 9.72. The van der Waals surface area contributed by atoms with Gasteiger partial charge in [0.15, 0.2) is 0 Å². The lowest BCUT2D eigenvalue weighted by molar-refractivity contribution is 0.117. The van der Waals surface area contributed by atoms with Gasteiger partial charge in [0.25, 0.3) is 0 Å². The van der Waals surface area contributed by atoms with E-state index < -0.39 is 0 Å². The van der Waals surface area contributed by atoms with Crippen LogP contribution in [0.4, 0.5) is 0 Å².